The molecule has 8 heteroatoms. The van der Waals surface area contributed by atoms with Crippen molar-refractivity contribution >= 4 is 28.3 Å². The molecule has 4 aromatic rings. The molecule has 3 heterocycles. The van der Waals surface area contributed by atoms with Crippen molar-refractivity contribution < 1.29 is 9.15 Å². The highest BCUT2D eigenvalue weighted by Crippen LogP contribution is 2.32. The molecule has 166 valence electrons. The lowest BCUT2D eigenvalue weighted by Crippen LogP contribution is -2.13. The Balaban J connectivity index is 1.89. The predicted molar refractivity (Wildman–Crippen MR) is 128 cm³/mol. The number of benzene rings is 1. The molecule has 1 aromatic carbocycles. The molecule has 0 saturated heterocycles. The number of pyridine rings is 2. The Labute approximate surface area is 195 Å². The van der Waals surface area contributed by atoms with Gasteiger partial charge >= 0.3 is 0 Å². The third-order valence-corrected chi connectivity index (χ3v) is 5.57. The number of anilines is 1. The number of nitrogens with zero attached hydrogens (tertiary/aromatic N) is 3. The normalized spacial score (nSPS) is 11.8. The van der Waals surface area contributed by atoms with Gasteiger partial charge in [-0.15, -0.1) is 0 Å². The maximum atomic E-state index is 13.3. The molecule has 7 nitrogen and oxygen atoms in total. The van der Waals surface area contributed by atoms with Crippen LogP contribution in [0.5, 0.6) is 5.88 Å². The minimum Gasteiger partial charge on any atom is -0.481 e. The molecule has 33 heavy (non-hydrogen) atoms. The molecule has 0 unspecified atom stereocenters. The summed E-state index contributed by atoms with van der Waals surface area (Å²) in [5.41, 5.74) is 3.71. The summed E-state index contributed by atoms with van der Waals surface area (Å²) >= 11 is 5.92. The smallest absolute Gasteiger partial charge is 0.213 e. The summed E-state index contributed by atoms with van der Waals surface area (Å²) in [7, 11) is 1.53. The Morgan fingerprint density at radius 1 is 1.18 bits per heavy atom. The lowest BCUT2D eigenvalue weighted by atomic mass is 9.99. The Hall–Kier alpha value is -3.89. The summed E-state index contributed by atoms with van der Waals surface area (Å²) in [4.78, 5) is 21.8. The summed E-state index contributed by atoms with van der Waals surface area (Å²) in [6.45, 7) is 5.57. The van der Waals surface area contributed by atoms with Crippen molar-refractivity contribution in [2.75, 3.05) is 12.4 Å². The molecule has 1 atom stereocenters. The van der Waals surface area contributed by atoms with Crippen LogP contribution in [0, 0.1) is 25.2 Å². The van der Waals surface area contributed by atoms with Crippen LogP contribution in [-0.2, 0) is 0 Å². The Bertz CT molecular complexity index is 1470. The number of halogens is 1. The number of aryl methyl sites for hydroxylation is 1. The minimum absolute atomic E-state index is 0.126. The van der Waals surface area contributed by atoms with Gasteiger partial charge in [0.15, 0.2) is 16.9 Å². The lowest BCUT2D eigenvalue weighted by molar-refractivity contribution is 0.398. The summed E-state index contributed by atoms with van der Waals surface area (Å²) < 4.78 is 11.5. The number of hydrogen-bond donors (Lipinski definition) is 1. The first kappa shape index (κ1) is 22.3. The van der Waals surface area contributed by atoms with Crippen LogP contribution in [-0.4, -0.2) is 17.1 Å². The maximum Gasteiger partial charge on any atom is 0.213 e. The molecule has 0 amide bonds. The number of fused-ring (bicyclic) bond motifs is 1. The van der Waals surface area contributed by atoms with Crippen molar-refractivity contribution in [2.45, 2.75) is 26.8 Å². The molecule has 0 aliphatic heterocycles. The second-order valence-corrected chi connectivity index (χ2v) is 8.08. The highest BCUT2D eigenvalue weighted by Gasteiger charge is 2.20. The zero-order chi connectivity index (χ0) is 23.7. The number of rotatable bonds is 5. The molecule has 0 spiro atoms. The van der Waals surface area contributed by atoms with E-state index in [2.05, 4.69) is 15.3 Å². The Kier molecular flexibility index (Phi) is 6.03. The van der Waals surface area contributed by atoms with Gasteiger partial charge in [-0.25, -0.2) is 9.97 Å². The molecule has 0 radical (unpaired) electrons. The number of nitrogens with one attached hydrogen (secondary N) is 1. The highest BCUT2D eigenvalue weighted by molar-refractivity contribution is 6.29. The lowest BCUT2D eigenvalue weighted by Gasteiger charge is -2.19. The molecule has 1 N–H and O–H groups in total. The van der Waals surface area contributed by atoms with Crippen LogP contribution in [0.1, 0.15) is 35.3 Å². The van der Waals surface area contributed by atoms with Crippen LogP contribution < -0.4 is 15.5 Å². The van der Waals surface area contributed by atoms with Gasteiger partial charge in [0.1, 0.15) is 22.5 Å². The van der Waals surface area contributed by atoms with Crippen molar-refractivity contribution in [3.63, 3.8) is 0 Å². The van der Waals surface area contributed by atoms with Crippen LogP contribution in [0.2, 0.25) is 5.15 Å². The van der Waals surface area contributed by atoms with Crippen molar-refractivity contribution in [3.05, 3.63) is 80.2 Å². The van der Waals surface area contributed by atoms with Crippen molar-refractivity contribution in [1.82, 2.24) is 9.97 Å². The first-order valence-electron chi connectivity index (χ1n) is 10.2. The SMILES string of the molecule is COc1cccc(-c2oc3c([C@@H](C)Nc4ccc(Cl)nc4C#N)cc(C)cc3c(=O)c2C)n1. The van der Waals surface area contributed by atoms with Gasteiger partial charge in [0, 0.05) is 17.2 Å². The van der Waals surface area contributed by atoms with E-state index in [4.69, 9.17) is 20.8 Å². The van der Waals surface area contributed by atoms with Crippen LogP contribution >= 0.6 is 11.6 Å². The van der Waals surface area contributed by atoms with E-state index in [-0.39, 0.29) is 22.3 Å². The zero-order valence-electron chi connectivity index (χ0n) is 18.6. The Morgan fingerprint density at radius 3 is 2.70 bits per heavy atom. The molecule has 4 rings (SSSR count). The molecule has 0 fully saturated rings. The second kappa shape index (κ2) is 8.93. The van der Waals surface area contributed by atoms with Gasteiger partial charge in [0.05, 0.1) is 24.2 Å². The van der Waals surface area contributed by atoms with Crippen molar-refractivity contribution in [1.29, 1.82) is 5.26 Å². The van der Waals surface area contributed by atoms with E-state index in [0.29, 0.717) is 39.6 Å². The van der Waals surface area contributed by atoms with Crippen LogP contribution in [0.25, 0.3) is 22.4 Å². The monoisotopic (exact) mass is 460 g/mol. The van der Waals surface area contributed by atoms with E-state index in [0.717, 1.165) is 11.1 Å². The minimum atomic E-state index is -0.306. The van der Waals surface area contributed by atoms with Gasteiger partial charge in [-0.1, -0.05) is 23.7 Å². The van der Waals surface area contributed by atoms with E-state index < -0.39 is 0 Å². The van der Waals surface area contributed by atoms with Crippen LogP contribution in [0.3, 0.4) is 0 Å². The zero-order valence-corrected chi connectivity index (χ0v) is 19.3. The fraction of sp³-hybridized carbons (Fsp3) is 0.200. The fourth-order valence-corrected chi connectivity index (χ4v) is 3.88. The van der Waals surface area contributed by atoms with Crippen molar-refractivity contribution in [3.8, 4) is 23.4 Å². The topological polar surface area (TPSA) is 101 Å². The maximum absolute atomic E-state index is 13.3. The standard InChI is InChI=1S/C25H21ClN4O3/c1-13-10-16(15(3)28-18-8-9-21(26)29-20(18)12-27)25-17(11-13)23(31)14(2)24(33-25)19-6-5-7-22(30-19)32-4/h5-11,15,28H,1-4H3/t15-/m1/s1. The average molecular weight is 461 g/mol. The number of aromatic nitrogens is 2. The average Bonchev–Trinajstić information content (AvgIpc) is 2.82. The van der Waals surface area contributed by atoms with Gasteiger partial charge in [0.25, 0.3) is 0 Å². The van der Waals surface area contributed by atoms with Gasteiger partial charge in [-0.3, -0.25) is 4.79 Å². The number of nitriles is 1. The van der Waals surface area contributed by atoms with E-state index in [1.165, 1.54) is 7.11 Å². The summed E-state index contributed by atoms with van der Waals surface area (Å²) in [5, 5.41) is 13.4. The quantitative estimate of drug-likeness (QED) is 0.388. The largest absolute Gasteiger partial charge is 0.481 e. The van der Waals surface area contributed by atoms with Gasteiger partial charge in [0.2, 0.25) is 5.88 Å². The third kappa shape index (κ3) is 4.26. The highest BCUT2D eigenvalue weighted by atomic mass is 35.5. The van der Waals surface area contributed by atoms with E-state index >= 15 is 0 Å². The van der Waals surface area contributed by atoms with Gasteiger partial charge < -0.3 is 14.5 Å². The van der Waals surface area contributed by atoms with Crippen LogP contribution in [0.15, 0.2) is 51.7 Å². The third-order valence-electron chi connectivity index (χ3n) is 5.36. The van der Waals surface area contributed by atoms with E-state index in [1.807, 2.05) is 32.0 Å². The summed E-state index contributed by atoms with van der Waals surface area (Å²) in [6, 6.07) is 14.1. The van der Waals surface area contributed by atoms with Crippen LogP contribution in [0.4, 0.5) is 5.69 Å². The van der Waals surface area contributed by atoms with Gasteiger partial charge in [-0.05, 0) is 50.6 Å². The molecule has 0 aliphatic carbocycles. The molecular weight excluding hydrogens is 440 g/mol. The fourth-order valence-electron chi connectivity index (χ4n) is 3.74. The summed E-state index contributed by atoms with van der Waals surface area (Å²) in [6.07, 6.45) is 0. The number of hydrogen-bond acceptors (Lipinski definition) is 7. The molecule has 0 aliphatic rings. The molecule has 0 saturated carbocycles. The predicted octanol–water partition coefficient (Wildman–Crippen LogP) is 5.57. The Morgan fingerprint density at radius 2 is 1.97 bits per heavy atom. The molecule has 3 aromatic heterocycles. The first-order valence-corrected chi connectivity index (χ1v) is 10.6. The van der Waals surface area contributed by atoms with Crippen molar-refractivity contribution in [2.24, 2.45) is 0 Å². The number of methoxy groups -OCH3 is 1. The van der Waals surface area contributed by atoms with Gasteiger partial charge in [-0.2, -0.15) is 5.26 Å². The molecule has 0 bridgehead atoms. The number of ether oxygens (including phenoxy) is 1. The van der Waals surface area contributed by atoms with E-state index in [9.17, 15) is 10.1 Å². The molecular formula is C25H21ClN4O3. The first-order chi connectivity index (χ1) is 15.8. The summed E-state index contributed by atoms with van der Waals surface area (Å²) in [5.74, 6) is 0.808. The van der Waals surface area contributed by atoms with E-state index in [1.54, 1.807) is 37.3 Å². The second-order valence-electron chi connectivity index (χ2n) is 7.69.